The monoisotopic (exact) mass is 262 g/mol. The summed E-state index contributed by atoms with van der Waals surface area (Å²) in [7, 11) is 1.83. The molecule has 0 aliphatic carbocycles. The van der Waals surface area contributed by atoms with Gasteiger partial charge in [0.1, 0.15) is 0 Å². The van der Waals surface area contributed by atoms with Crippen LogP contribution >= 0.6 is 0 Å². The lowest BCUT2D eigenvalue weighted by molar-refractivity contribution is -0.131. The summed E-state index contributed by atoms with van der Waals surface area (Å²) in [4.78, 5) is 15.8. The number of carbonyl (C=O) groups is 1. The summed E-state index contributed by atoms with van der Waals surface area (Å²) < 4.78 is 0. The number of nitrogens with zero attached hydrogens (tertiary/aromatic N) is 2. The van der Waals surface area contributed by atoms with Crippen LogP contribution in [0.25, 0.3) is 0 Å². The Hall–Kier alpha value is -1.39. The van der Waals surface area contributed by atoms with Gasteiger partial charge in [-0.05, 0) is 18.9 Å². The van der Waals surface area contributed by atoms with Gasteiger partial charge in [0.25, 0.3) is 0 Å². The van der Waals surface area contributed by atoms with E-state index in [2.05, 4.69) is 31.2 Å². The van der Waals surface area contributed by atoms with Gasteiger partial charge in [0.05, 0.1) is 12.6 Å². The highest BCUT2D eigenvalue weighted by atomic mass is 16.3. The molecule has 0 spiro atoms. The maximum Gasteiger partial charge on any atom is 0.236 e. The average Bonchev–Trinajstić information content (AvgIpc) is 2.77. The number of hydrogen-bond acceptors (Lipinski definition) is 3. The molecule has 2 rings (SSSR count). The molecule has 1 aliphatic heterocycles. The number of aliphatic hydroxyl groups is 1. The predicted molar refractivity (Wildman–Crippen MR) is 74.7 cm³/mol. The molecule has 1 aromatic rings. The topological polar surface area (TPSA) is 43.8 Å². The molecular weight excluding hydrogens is 240 g/mol. The van der Waals surface area contributed by atoms with Crippen molar-refractivity contribution in [2.75, 3.05) is 26.7 Å². The number of β-amino-alcohol motifs (C(OH)–C–C–N with tert-alkyl or cyclic N) is 1. The second kappa shape index (κ2) is 6.17. The minimum absolute atomic E-state index is 0.106. The number of hydrogen-bond donors (Lipinski definition) is 1. The second-order valence-corrected chi connectivity index (χ2v) is 5.41. The van der Waals surface area contributed by atoms with Gasteiger partial charge < -0.3 is 10.0 Å². The van der Waals surface area contributed by atoms with E-state index in [0.29, 0.717) is 19.6 Å². The van der Waals surface area contributed by atoms with Crippen LogP contribution in [0.4, 0.5) is 0 Å². The van der Waals surface area contributed by atoms with Gasteiger partial charge in [-0.25, -0.2) is 0 Å². The van der Waals surface area contributed by atoms with Crippen LogP contribution in [0.3, 0.4) is 0 Å². The lowest BCUT2D eigenvalue weighted by Crippen LogP contribution is -2.37. The molecule has 19 heavy (non-hydrogen) atoms. The molecule has 1 amide bonds. The van der Waals surface area contributed by atoms with Crippen LogP contribution in [0.2, 0.25) is 0 Å². The van der Waals surface area contributed by atoms with Crippen molar-refractivity contribution in [3.8, 4) is 0 Å². The molecule has 0 unspecified atom stereocenters. The van der Waals surface area contributed by atoms with Crippen molar-refractivity contribution in [1.82, 2.24) is 9.80 Å². The van der Waals surface area contributed by atoms with E-state index in [-0.39, 0.29) is 12.0 Å². The highest BCUT2D eigenvalue weighted by Gasteiger charge is 2.23. The summed E-state index contributed by atoms with van der Waals surface area (Å²) in [6, 6.07) is 8.23. The van der Waals surface area contributed by atoms with Crippen molar-refractivity contribution in [3.63, 3.8) is 0 Å². The van der Waals surface area contributed by atoms with Crippen molar-refractivity contribution in [3.05, 3.63) is 35.4 Å². The Kier molecular flexibility index (Phi) is 4.56. The summed E-state index contributed by atoms with van der Waals surface area (Å²) in [5, 5.41) is 9.45. The first-order valence-corrected chi connectivity index (χ1v) is 6.74. The van der Waals surface area contributed by atoms with Crippen LogP contribution in [0.5, 0.6) is 0 Å². The van der Waals surface area contributed by atoms with Crippen LogP contribution in [-0.2, 0) is 11.3 Å². The van der Waals surface area contributed by atoms with Crippen molar-refractivity contribution in [2.24, 2.45) is 0 Å². The first-order valence-electron chi connectivity index (χ1n) is 6.74. The first-order chi connectivity index (χ1) is 9.04. The maximum absolute atomic E-state index is 12.1. The molecule has 0 radical (unpaired) electrons. The smallest absolute Gasteiger partial charge is 0.236 e. The second-order valence-electron chi connectivity index (χ2n) is 5.41. The number of likely N-dealkylation sites (tertiary alicyclic amines) is 1. The van der Waals surface area contributed by atoms with E-state index in [4.69, 9.17) is 0 Å². The molecule has 1 heterocycles. The molecule has 4 nitrogen and oxygen atoms in total. The molecule has 1 saturated heterocycles. The number of likely N-dealkylation sites (N-methyl/N-ethyl adjacent to an activating group) is 1. The quantitative estimate of drug-likeness (QED) is 0.881. The zero-order valence-corrected chi connectivity index (χ0v) is 11.7. The fourth-order valence-electron chi connectivity index (χ4n) is 2.32. The number of aryl methyl sites for hydroxylation is 1. The van der Waals surface area contributed by atoms with E-state index in [0.717, 1.165) is 18.5 Å². The van der Waals surface area contributed by atoms with Crippen molar-refractivity contribution >= 4 is 5.91 Å². The number of amides is 1. The minimum atomic E-state index is -0.268. The zero-order chi connectivity index (χ0) is 13.8. The summed E-state index contributed by atoms with van der Waals surface area (Å²) in [6.45, 7) is 4.52. The van der Waals surface area contributed by atoms with E-state index in [1.807, 2.05) is 11.9 Å². The van der Waals surface area contributed by atoms with Crippen LogP contribution in [0.15, 0.2) is 24.3 Å². The Labute approximate surface area is 114 Å². The molecule has 104 valence electrons. The maximum atomic E-state index is 12.1. The summed E-state index contributed by atoms with van der Waals surface area (Å²) in [5.74, 6) is 0.106. The van der Waals surface area contributed by atoms with Crippen LogP contribution in [0.1, 0.15) is 17.5 Å². The first kappa shape index (κ1) is 14.0. The Morgan fingerprint density at radius 1 is 1.42 bits per heavy atom. The van der Waals surface area contributed by atoms with Gasteiger partial charge in [0.2, 0.25) is 5.91 Å². The van der Waals surface area contributed by atoms with E-state index in [1.165, 1.54) is 5.56 Å². The highest BCUT2D eigenvalue weighted by Crippen LogP contribution is 2.10. The normalized spacial score (nSPS) is 19.6. The number of rotatable bonds is 4. The lowest BCUT2D eigenvalue weighted by atomic mass is 10.1. The molecular formula is C15H22N2O2. The minimum Gasteiger partial charge on any atom is -0.392 e. The predicted octanol–water partition coefficient (Wildman–Crippen LogP) is 1.02. The van der Waals surface area contributed by atoms with E-state index in [9.17, 15) is 9.90 Å². The van der Waals surface area contributed by atoms with E-state index in [1.54, 1.807) is 4.90 Å². The van der Waals surface area contributed by atoms with Gasteiger partial charge in [-0.1, -0.05) is 29.8 Å². The standard InChI is InChI=1S/C15H22N2O2/c1-12-3-5-13(6-4-12)9-16(2)15(19)11-17-8-7-14(18)10-17/h3-6,14,18H,7-11H2,1-2H3/t14-/m0/s1. The molecule has 0 bridgehead atoms. The number of carbonyl (C=O) groups excluding carboxylic acids is 1. The third kappa shape index (κ3) is 4.04. The molecule has 1 aliphatic rings. The zero-order valence-electron chi connectivity index (χ0n) is 11.7. The average molecular weight is 262 g/mol. The van der Waals surface area contributed by atoms with Crippen LogP contribution in [0, 0.1) is 6.92 Å². The van der Waals surface area contributed by atoms with Crippen LogP contribution in [-0.4, -0.2) is 53.6 Å². The van der Waals surface area contributed by atoms with Gasteiger partial charge in [0.15, 0.2) is 0 Å². The molecule has 4 heteroatoms. The Balaban J connectivity index is 1.83. The fraction of sp³-hybridized carbons (Fsp3) is 0.533. The third-order valence-corrected chi connectivity index (χ3v) is 3.57. The van der Waals surface area contributed by atoms with Gasteiger partial charge in [-0.2, -0.15) is 0 Å². The molecule has 1 N–H and O–H groups in total. The largest absolute Gasteiger partial charge is 0.392 e. The Morgan fingerprint density at radius 3 is 2.68 bits per heavy atom. The van der Waals surface area contributed by atoms with Gasteiger partial charge in [0, 0.05) is 26.7 Å². The highest BCUT2D eigenvalue weighted by molar-refractivity contribution is 5.78. The molecule has 1 atom stereocenters. The summed E-state index contributed by atoms with van der Waals surface area (Å²) >= 11 is 0. The summed E-state index contributed by atoms with van der Waals surface area (Å²) in [5.41, 5.74) is 2.37. The SMILES string of the molecule is Cc1ccc(CN(C)C(=O)CN2CC[C@H](O)C2)cc1. The van der Waals surface area contributed by atoms with E-state index >= 15 is 0 Å². The molecule has 1 fully saturated rings. The van der Waals surface area contributed by atoms with Crippen LogP contribution < -0.4 is 0 Å². The van der Waals surface area contributed by atoms with Gasteiger partial charge in [-0.15, -0.1) is 0 Å². The van der Waals surface area contributed by atoms with Gasteiger partial charge in [-0.3, -0.25) is 9.69 Å². The van der Waals surface area contributed by atoms with Crippen molar-refractivity contribution < 1.29 is 9.90 Å². The number of aliphatic hydroxyl groups excluding tert-OH is 1. The van der Waals surface area contributed by atoms with Gasteiger partial charge >= 0.3 is 0 Å². The molecule has 1 aromatic carbocycles. The Morgan fingerprint density at radius 2 is 2.11 bits per heavy atom. The van der Waals surface area contributed by atoms with Crippen molar-refractivity contribution in [2.45, 2.75) is 26.0 Å². The Bertz CT molecular complexity index is 430. The summed E-state index contributed by atoms with van der Waals surface area (Å²) in [6.07, 6.45) is 0.504. The fourth-order valence-corrected chi connectivity index (χ4v) is 2.32. The lowest BCUT2D eigenvalue weighted by Gasteiger charge is -2.21. The molecule has 0 aromatic heterocycles. The number of benzene rings is 1. The molecule has 0 saturated carbocycles. The third-order valence-electron chi connectivity index (χ3n) is 3.57. The van der Waals surface area contributed by atoms with Crippen molar-refractivity contribution in [1.29, 1.82) is 0 Å². The van der Waals surface area contributed by atoms with E-state index < -0.39 is 0 Å².